The lowest BCUT2D eigenvalue weighted by atomic mass is 10.1. The van der Waals surface area contributed by atoms with E-state index in [0.29, 0.717) is 5.69 Å². The molecule has 1 rings (SSSR count). The first kappa shape index (κ1) is 16.6. The van der Waals surface area contributed by atoms with Gasteiger partial charge < -0.3 is 19.5 Å². The van der Waals surface area contributed by atoms with Crippen LogP contribution in [-0.4, -0.2) is 33.3 Å². The lowest BCUT2D eigenvalue weighted by molar-refractivity contribution is -0.138. The molecule has 0 aliphatic heterocycles. The number of ether oxygens (including phenoxy) is 3. The van der Waals surface area contributed by atoms with Crippen LogP contribution in [0.5, 0.6) is 5.75 Å². The molecule has 0 amide bonds. The van der Waals surface area contributed by atoms with Crippen molar-refractivity contribution >= 4 is 17.6 Å². The van der Waals surface area contributed by atoms with Crippen molar-refractivity contribution in [2.75, 3.05) is 26.6 Å². The molecule has 0 heterocycles. The molecular formula is C15H19NO5. The summed E-state index contributed by atoms with van der Waals surface area (Å²) in [6.07, 6.45) is 1.05. The molecule has 21 heavy (non-hydrogen) atoms. The van der Waals surface area contributed by atoms with Gasteiger partial charge in [0.2, 0.25) is 0 Å². The third-order valence-electron chi connectivity index (χ3n) is 2.88. The predicted molar refractivity (Wildman–Crippen MR) is 78.2 cm³/mol. The van der Waals surface area contributed by atoms with E-state index >= 15 is 0 Å². The molecule has 1 aromatic carbocycles. The van der Waals surface area contributed by atoms with Gasteiger partial charge >= 0.3 is 11.9 Å². The summed E-state index contributed by atoms with van der Waals surface area (Å²) in [5.74, 6) is -0.561. The summed E-state index contributed by atoms with van der Waals surface area (Å²) in [5, 5.41) is 2.89. The maximum atomic E-state index is 11.7. The van der Waals surface area contributed by atoms with Crippen LogP contribution >= 0.6 is 0 Å². The van der Waals surface area contributed by atoms with Gasteiger partial charge in [-0.1, -0.05) is 0 Å². The quantitative estimate of drug-likeness (QED) is 0.661. The average Bonchev–Trinajstić information content (AvgIpc) is 2.48. The Morgan fingerprint density at radius 2 is 1.71 bits per heavy atom. The van der Waals surface area contributed by atoms with Crippen molar-refractivity contribution in [1.29, 1.82) is 0 Å². The molecule has 1 N–H and O–H groups in total. The normalized spacial score (nSPS) is 10.8. The van der Waals surface area contributed by atoms with Gasteiger partial charge in [-0.2, -0.15) is 0 Å². The van der Waals surface area contributed by atoms with Gasteiger partial charge in [-0.25, -0.2) is 9.59 Å². The number of carbonyl (C=O) groups excluding carboxylic acids is 2. The zero-order valence-corrected chi connectivity index (χ0v) is 12.8. The van der Waals surface area contributed by atoms with E-state index in [9.17, 15) is 9.59 Å². The maximum absolute atomic E-state index is 11.7. The molecule has 0 bridgehead atoms. The highest BCUT2D eigenvalue weighted by Gasteiger charge is 2.14. The second-order valence-electron chi connectivity index (χ2n) is 4.33. The molecule has 0 spiro atoms. The highest BCUT2D eigenvalue weighted by Crippen LogP contribution is 2.27. The van der Waals surface area contributed by atoms with Crippen molar-refractivity contribution in [1.82, 2.24) is 0 Å². The van der Waals surface area contributed by atoms with Crippen LogP contribution in [-0.2, 0) is 19.1 Å². The van der Waals surface area contributed by atoms with E-state index in [1.54, 1.807) is 7.11 Å². The first-order valence-corrected chi connectivity index (χ1v) is 6.23. The van der Waals surface area contributed by atoms with Crippen molar-refractivity contribution in [2.45, 2.75) is 13.8 Å². The molecule has 1 aromatic rings. The number of methoxy groups -OCH3 is 3. The Labute approximate surface area is 123 Å². The van der Waals surface area contributed by atoms with E-state index < -0.39 is 11.9 Å². The number of benzene rings is 1. The standard InChI is InChI=1S/C15H19NO5/c1-9-7-13(19-3)10(2)6-11(9)16-12(15(18)21-5)8-14(17)20-4/h6-8,16H,1-5H3/b12-8+. The Morgan fingerprint density at radius 3 is 2.24 bits per heavy atom. The van der Waals surface area contributed by atoms with E-state index in [-0.39, 0.29) is 5.70 Å². The number of rotatable bonds is 5. The molecule has 0 aliphatic carbocycles. The van der Waals surface area contributed by atoms with Gasteiger partial charge in [-0.15, -0.1) is 0 Å². The molecule has 0 atom stereocenters. The second kappa shape index (κ2) is 7.33. The molecule has 0 fully saturated rings. The van der Waals surface area contributed by atoms with E-state index in [4.69, 9.17) is 4.74 Å². The van der Waals surface area contributed by atoms with Crippen LogP contribution in [0.2, 0.25) is 0 Å². The van der Waals surface area contributed by atoms with Crippen molar-refractivity contribution in [2.24, 2.45) is 0 Å². The zero-order chi connectivity index (χ0) is 16.0. The number of hydrogen-bond donors (Lipinski definition) is 1. The van der Waals surface area contributed by atoms with Crippen molar-refractivity contribution in [3.8, 4) is 5.75 Å². The van der Waals surface area contributed by atoms with E-state index in [1.807, 2.05) is 26.0 Å². The average molecular weight is 293 g/mol. The Balaban J connectivity index is 3.15. The minimum Gasteiger partial charge on any atom is -0.496 e. The van der Waals surface area contributed by atoms with Crippen LogP contribution in [0.15, 0.2) is 23.9 Å². The highest BCUT2D eigenvalue weighted by molar-refractivity contribution is 5.98. The third-order valence-corrected chi connectivity index (χ3v) is 2.88. The van der Waals surface area contributed by atoms with Gasteiger partial charge in [0.1, 0.15) is 11.4 Å². The van der Waals surface area contributed by atoms with Gasteiger partial charge in [-0.05, 0) is 37.1 Å². The summed E-state index contributed by atoms with van der Waals surface area (Å²) in [7, 11) is 4.06. The third kappa shape index (κ3) is 4.24. The van der Waals surface area contributed by atoms with E-state index in [1.165, 1.54) is 14.2 Å². The van der Waals surface area contributed by atoms with Gasteiger partial charge in [-0.3, -0.25) is 0 Å². The summed E-state index contributed by atoms with van der Waals surface area (Å²) in [4.78, 5) is 23.0. The van der Waals surface area contributed by atoms with Gasteiger partial charge in [0, 0.05) is 5.69 Å². The monoisotopic (exact) mass is 293 g/mol. The van der Waals surface area contributed by atoms with Crippen LogP contribution in [0, 0.1) is 13.8 Å². The van der Waals surface area contributed by atoms with Crippen LogP contribution in [0.4, 0.5) is 5.69 Å². The smallest absolute Gasteiger partial charge is 0.354 e. The van der Waals surface area contributed by atoms with Crippen molar-refractivity contribution in [3.63, 3.8) is 0 Å². The Morgan fingerprint density at radius 1 is 1.05 bits per heavy atom. The molecule has 0 aromatic heterocycles. The molecule has 114 valence electrons. The maximum Gasteiger partial charge on any atom is 0.354 e. The molecule has 0 saturated carbocycles. The molecule has 0 saturated heterocycles. The number of carbonyl (C=O) groups is 2. The Kier molecular flexibility index (Phi) is 5.78. The van der Waals surface area contributed by atoms with Crippen LogP contribution < -0.4 is 10.1 Å². The van der Waals surface area contributed by atoms with Crippen molar-refractivity contribution < 1.29 is 23.8 Å². The molecular weight excluding hydrogens is 274 g/mol. The largest absolute Gasteiger partial charge is 0.496 e. The van der Waals surface area contributed by atoms with Crippen LogP contribution in [0.1, 0.15) is 11.1 Å². The van der Waals surface area contributed by atoms with Crippen molar-refractivity contribution in [3.05, 3.63) is 35.0 Å². The van der Waals surface area contributed by atoms with Crippen LogP contribution in [0.25, 0.3) is 0 Å². The highest BCUT2D eigenvalue weighted by atomic mass is 16.5. The lowest BCUT2D eigenvalue weighted by Crippen LogP contribution is -2.16. The number of aryl methyl sites for hydroxylation is 2. The Bertz CT molecular complexity index is 578. The summed E-state index contributed by atoms with van der Waals surface area (Å²) >= 11 is 0. The summed E-state index contributed by atoms with van der Waals surface area (Å²) < 4.78 is 14.4. The fraction of sp³-hybridized carbons (Fsp3) is 0.333. The fourth-order valence-electron chi connectivity index (χ4n) is 1.72. The van der Waals surface area contributed by atoms with Crippen LogP contribution in [0.3, 0.4) is 0 Å². The number of anilines is 1. The molecule has 0 unspecified atom stereocenters. The first-order valence-electron chi connectivity index (χ1n) is 6.23. The SMILES string of the molecule is COC(=O)/C=C(/Nc1cc(C)c(OC)cc1C)C(=O)OC. The summed E-state index contributed by atoms with van der Waals surface area (Å²) in [6.45, 7) is 3.74. The molecule has 6 heteroatoms. The van der Waals surface area contributed by atoms with Gasteiger partial charge in [0.25, 0.3) is 0 Å². The van der Waals surface area contributed by atoms with E-state index in [2.05, 4.69) is 14.8 Å². The number of esters is 2. The number of nitrogens with one attached hydrogen (secondary N) is 1. The first-order chi connectivity index (χ1) is 9.92. The minimum absolute atomic E-state index is 0.00276. The summed E-state index contributed by atoms with van der Waals surface area (Å²) in [5.41, 5.74) is 2.43. The zero-order valence-electron chi connectivity index (χ0n) is 12.8. The van der Waals surface area contributed by atoms with Gasteiger partial charge in [0.15, 0.2) is 0 Å². The second-order valence-corrected chi connectivity index (χ2v) is 4.33. The molecule has 0 aliphatic rings. The fourth-order valence-corrected chi connectivity index (χ4v) is 1.72. The lowest BCUT2D eigenvalue weighted by Gasteiger charge is -2.14. The predicted octanol–water partition coefficient (Wildman–Crippen LogP) is 1.95. The molecule has 6 nitrogen and oxygen atoms in total. The summed E-state index contributed by atoms with van der Waals surface area (Å²) in [6, 6.07) is 3.66. The molecule has 0 radical (unpaired) electrons. The minimum atomic E-state index is -0.659. The Hall–Kier alpha value is -2.50. The number of hydrogen-bond acceptors (Lipinski definition) is 6. The van der Waals surface area contributed by atoms with E-state index in [0.717, 1.165) is 23.0 Å². The topological polar surface area (TPSA) is 73.9 Å². The van der Waals surface area contributed by atoms with Gasteiger partial charge in [0.05, 0.1) is 27.4 Å².